The van der Waals surface area contributed by atoms with Gasteiger partial charge in [-0.3, -0.25) is 9.59 Å². The predicted octanol–water partition coefficient (Wildman–Crippen LogP) is 2.64. The van der Waals surface area contributed by atoms with Gasteiger partial charge < -0.3 is 10.2 Å². The van der Waals surface area contributed by atoms with E-state index in [4.69, 9.17) is 0 Å². The maximum absolute atomic E-state index is 13.8. The normalized spacial score (nSPS) is 21.5. The number of hydrogen-bond acceptors (Lipinski definition) is 2. The van der Waals surface area contributed by atoms with E-state index in [-0.39, 0.29) is 6.42 Å². The summed E-state index contributed by atoms with van der Waals surface area (Å²) in [6.45, 7) is 0.771. The van der Waals surface area contributed by atoms with Crippen LogP contribution in [0.15, 0.2) is 18.2 Å². The molecule has 1 N–H and O–H groups in total. The van der Waals surface area contributed by atoms with Crippen LogP contribution in [0.4, 0.5) is 22.0 Å². The van der Waals surface area contributed by atoms with Crippen molar-refractivity contribution in [2.24, 2.45) is 0 Å². The molecule has 1 fully saturated rings. The molecule has 4 nitrogen and oxygen atoms in total. The number of hydrogen-bond donors (Lipinski definition) is 1. The van der Waals surface area contributed by atoms with Crippen LogP contribution in [0.25, 0.3) is 0 Å². The van der Waals surface area contributed by atoms with Gasteiger partial charge in [-0.15, -0.1) is 0 Å². The molecule has 2 atom stereocenters. The van der Waals surface area contributed by atoms with Crippen LogP contribution in [0.1, 0.15) is 30.1 Å². The molecule has 1 heterocycles. The smallest absolute Gasteiger partial charge is 0.352 e. The van der Waals surface area contributed by atoms with E-state index in [1.807, 2.05) is 0 Å². The average Bonchev–Trinajstić information content (AvgIpc) is 2.47. The van der Waals surface area contributed by atoms with E-state index in [1.54, 1.807) is 0 Å². The third-order valence-electron chi connectivity index (χ3n) is 3.81. The highest BCUT2D eigenvalue weighted by atomic mass is 19.4. The summed E-state index contributed by atoms with van der Waals surface area (Å²) in [6.07, 6.45) is -5.11. The van der Waals surface area contributed by atoms with Crippen LogP contribution in [-0.2, 0) is 4.79 Å². The van der Waals surface area contributed by atoms with E-state index >= 15 is 0 Å². The monoisotopic (exact) mass is 350 g/mol. The van der Waals surface area contributed by atoms with Gasteiger partial charge in [0.1, 0.15) is 6.04 Å². The van der Waals surface area contributed by atoms with Crippen LogP contribution in [0.5, 0.6) is 0 Å². The number of nitrogens with zero attached hydrogens (tertiary/aromatic N) is 1. The van der Waals surface area contributed by atoms with E-state index in [2.05, 4.69) is 5.32 Å². The highest BCUT2D eigenvalue weighted by Crippen LogP contribution is 2.33. The summed E-state index contributed by atoms with van der Waals surface area (Å²) in [5, 5.41) is 2.45. The molecule has 0 bridgehead atoms. The Morgan fingerprint density at radius 1 is 1.21 bits per heavy atom. The number of piperidine rings is 1. The van der Waals surface area contributed by atoms with Gasteiger partial charge in [0.2, 0.25) is 5.91 Å². The summed E-state index contributed by atoms with van der Waals surface area (Å²) >= 11 is 0. The molecule has 132 valence electrons. The van der Waals surface area contributed by atoms with Crippen molar-refractivity contribution in [3.63, 3.8) is 0 Å². The predicted molar refractivity (Wildman–Crippen MR) is 74.1 cm³/mol. The Morgan fingerprint density at radius 3 is 2.46 bits per heavy atom. The Bertz CT molecular complexity index is 647. The second kappa shape index (κ2) is 6.74. The molecule has 0 aromatic heterocycles. The highest BCUT2D eigenvalue weighted by molar-refractivity contribution is 5.95. The van der Waals surface area contributed by atoms with Gasteiger partial charge in [-0.05, 0) is 25.0 Å². The Hall–Kier alpha value is -2.19. The van der Waals surface area contributed by atoms with Crippen LogP contribution in [0, 0.1) is 11.6 Å². The Morgan fingerprint density at radius 2 is 1.88 bits per heavy atom. The average molecular weight is 350 g/mol. The number of likely N-dealkylation sites (tertiary alicyclic amines) is 1. The van der Waals surface area contributed by atoms with E-state index in [1.165, 1.54) is 6.92 Å². The SMILES string of the molecule is CC(=O)N[C@H]1CC[C@H](C(F)(F)F)N(C(=O)c2cccc(F)c2F)C1. The van der Waals surface area contributed by atoms with Gasteiger partial charge in [0, 0.05) is 19.5 Å². The van der Waals surface area contributed by atoms with Crippen LogP contribution >= 0.6 is 0 Å². The molecular formula is C15H15F5N2O2. The first-order valence-corrected chi connectivity index (χ1v) is 7.20. The summed E-state index contributed by atoms with van der Waals surface area (Å²) in [5.74, 6) is -4.52. The number of halogens is 5. The molecule has 0 spiro atoms. The van der Waals surface area contributed by atoms with Gasteiger partial charge in [-0.25, -0.2) is 8.78 Å². The van der Waals surface area contributed by atoms with E-state index in [0.29, 0.717) is 4.90 Å². The van der Waals surface area contributed by atoms with Crippen molar-refractivity contribution in [3.8, 4) is 0 Å². The zero-order valence-corrected chi connectivity index (χ0v) is 12.7. The van der Waals surface area contributed by atoms with Gasteiger partial charge in [0.15, 0.2) is 11.6 Å². The van der Waals surface area contributed by atoms with E-state index in [0.717, 1.165) is 18.2 Å². The fraction of sp³-hybridized carbons (Fsp3) is 0.467. The van der Waals surface area contributed by atoms with Crippen LogP contribution in [0.3, 0.4) is 0 Å². The fourth-order valence-corrected chi connectivity index (χ4v) is 2.76. The van der Waals surface area contributed by atoms with Gasteiger partial charge in [0.05, 0.1) is 5.56 Å². The van der Waals surface area contributed by atoms with Crippen molar-refractivity contribution < 1.29 is 31.5 Å². The van der Waals surface area contributed by atoms with E-state index in [9.17, 15) is 31.5 Å². The zero-order chi connectivity index (χ0) is 18.1. The molecule has 1 aromatic rings. The second-order valence-corrected chi connectivity index (χ2v) is 5.59. The molecule has 1 aliphatic rings. The molecule has 1 aliphatic heterocycles. The maximum atomic E-state index is 13.8. The van der Waals surface area contributed by atoms with Gasteiger partial charge in [-0.2, -0.15) is 13.2 Å². The second-order valence-electron chi connectivity index (χ2n) is 5.59. The van der Waals surface area contributed by atoms with Crippen molar-refractivity contribution >= 4 is 11.8 Å². The Kier molecular flexibility index (Phi) is 5.10. The van der Waals surface area contributed by atoms with Crippen LogP contribution in [-0.4, -0.2) is 41.5 Å². The zero-order valence-electron chi connectivity index (χ0n) is 12.7. The summed E-state index contributed by atoms with van der Waals surface area (Å²) in [7, 11) is 0. The molecule has 0 radical (unpaired) electrons. The van der Waals surface area contributed by atoms with Gasteiger partial charge >= 0.3 is 6.18 Å². The molecule has 0 unspecified atom stereocenters. The minimum absolute atomic E-state index is 0.0270. The molecule has 1 aromatic carbocycles. The van der Waals surface area contributed by atoms with Crippen molar-refractivity contribution in [2.45, 2.75) is 38.0 Å². The minimum Gasteiger partial charge on any atom is -0.352 e. The van der Waals surface area contributed by atoms with Crippen LogP contribution in [0.2, 0.25) is 0 Å². The Labute approximate surface area is 134 Å². The molecule has 2 amide bonds. The third kappa shape index (κ3) is 3.82. The number of carbonyl (C=O) groups is 2. The van der Waals surface area contributed by atoms with Crippen molar-refractivity contribution in [3.05, 3.63) is 35.4 Å². The lowest BCUT2D eigenvalue weighted by Crippen LogP contribution is -2.58. The molecule has 24 heavy (non-hydrogen) atoms. The molecule has 9 heteroatoms. The quantitative estimate of drug-likeness (QED) is 0.834. The largest absolute Gasteiger partial charge is 0.408 e. The third-order valence-corrected chi connectivity index (χ3v) is 3.81. The summed E-state index contributed by atoms with van der Waals surface area (Å²) < 4.78 is 66.6. The number of rotatable bonds is 2. The molecule has 1 saturated heterocycles. The van der Waals surface area contributed by atoms with E-state index < -0.39 is 60.2 Å². The number of carbonyl (C=O) groups excluding carboxylic acids is 2. The van der Waals surface area contributed by atoms with Crippen LogP contribution < -0.4 is 5.32 Å². The lowest BCUT2D eigenvalue weighted by Gasteiger charge is -2.40. The molecule has 0 saturated carbocycles. The van der Waals surface area contributed by atoms with Crippen molar-refractivity contribution in [1.82, 2.24) is 10.2 Å². The summed E-state index contributed by atoms with van der Waals surface area (Å²) in [6, 6.07) is -0.0528. The lowest BCUT2D eigenvalue weighted by molar-refractivity contribution is -0.184. The Balaban J connectivity index is 2.34. The first-order chi connectivity index (χ1) is 11.1. The molecule has 2 rings (SSSR count). The maximum Gasteiger partial charge on any atom is 0.408 e. The summed E-state index contributed by atoms with van der Waals surface area (Å²) in [4.78, 5) is 23.9. The van der Waals surface area contributed by atoms with Crippen molar-refractivity contribution in [1.29, 1.82) is 0 Å². The van der Waals surface area contributed by atoms with Gasteiger partial charge in [0.25, 0.3) is 5.91 Å². The summed E-state index contributed by atoms with van der Waals surface area (Å²) in [5.41, 5.74) is -0.771. The van der Waals surface area contributed by atoms with Gasteiger partial charge in [-0.1, -0.05) is 6.07 Å². The minimum atomic E-state index is -4.71. The number of amides is 2. The highest BCUT2D eigenvalue weighted by Gasteiger charge is 2.48. The molecular weight excluding hydrogens is 335 g/mol. The van der Waals surface area contributed by atoms with Crippen molar-refractivity contribution in [2.75, 3.05) is 6.54 Å². The standard InChI is InChI=1S/C15H15F5N2O2/c1-8(23)21-9-5-6-12(15(18,19)20)22(7-9)14(24)10-3-2-4-11(16)13(10)17/h2-4,9,12H,5-7H2,1H3,(H,21,23)/t9-,12+/m0/s1. The molecule has 0 aliphatic carbocycles. The lowest BCUT2D eigenvalue weighted by atomic mass is 9.96. The topological polar surface area (TPSA) is 49.4 Å². The number of nitrogens with one attached hydrogen (secondary N) is 1. The number of alkyl halides is 3. The number of benzene rings is 1. The fourth-order valence-electron chi connectivity index (χ4n) is 2.76. The first kappa shape index (κ1) is 18.2. The first-order valence-electron chi connectivity index (χ1n) is 7.20.